The molecule has 1 N–H and O–H groups in total. The molecule has 2 aromatic carbocycles. The summed E-state index contributed by atoms with van der Waals surface area (Å²) in [5.41, 5.74) is 2.60. The van der Waals surface area contributed by atoms with E-state index in [1.165, 1.54) is 6.07 Å². The fourth-order valence-corrected chi connectivity index (χ4v) is 3.33. The van der Waals surface area contributed by atoms with Crippen LogP contribution >= 0.6 is 0 Å². The Bertz CT molecular complexity index is 870. The van der Waals surface area contributed by atoms with Crippen molar-refractivity contribution in [3.05, 3.63) is 59.0 Å². The Morgan fingerprint density at radius 1 is 1.08 bits per heavy atom. The van der Waals surface area contributed by atoms with Crippen LogP contribution in [-0.4, -0.2) is 28.3 Å². The minimum Gasteiger partial charge on any atom is -0.507 e. The lowest BCUT2D eigenvalue weighted by molar-refractivity contribution is 0.262. The first-order valence-corrected chi connectivity index (χ1v) is 9.18. The summed E-state index contributed by atoms with van der Waals surface area (Å²) in [5, 5.41) is 15.4. The normalized spacial score (nSPS) is 11.5. The number of rotatable bonds is 8. The monoisotopic (exact) mass is 356 g/mol. The van der Waals surface area contributed by atoms with Gasteiger partial charge in [-0.1, -0.05) is 37.2 Å². The molecule has 0 fully saturated rings. The molecule has 4 nitrogen and oxygen atoms in total. The molecule has 138 valence electrons. The van der Waals surface area contributed by atoms with Gasteiger partial charge in [0.25, 0.3) is 0 Å². The van der Waals surface area contributed by atoms with E-state index in [0.717, 1.165) is 36.9 Å². The van der Waals surface area contributed by atoms with Gasteiger partial charge in [0.1, 0.15) is 11.6 Å². The summed E-state index contributed by atoms with van der Waals surface area (Å²) in [6.07, 6.45) is 2.45. The number of benzene rings is 2. The Morgan fingerprint density at radius 2 is 1.81 bits per heavy atom. The summed E-state index contributed by atoms with van der Waals surface area (Å²) >= 11 is 0. The number of hydrogen-bond acceptors (Lipinski definition) is 4. The number of hydrogen-bond donors (Lipinski definition) is 1. The van der Waals surface area contributed by atoms with E-state index in [0.29, 0.717) is 29.8 Å². The van der Waals surface area contributed by atoms with Crippen molar-refractivity contribution in [2.75, 3.05) is 13.1 Å². The van der Waals surface area contributed by atoms with Gasteiger partial charge in [-0.3, -0.25) is 4.90 Å². The lowest BCUT2D eigenvalue weighted by atomic mass is 10.0. The topological polar surface area (TPSA) is 49.5 Å². The summed E-state index contributed by atoms with van der Waals surface area (Å²) in [4.78, 5) is 2.30. The van der Waals surface area contributed by atoms with E-state index in [-0.39, 0.29) is 11.6 Å². The minimum atomic E-state index is -0.250. The maximum Gasteiger partial charge on any atom is 0.175 e. The van der Waals surface area contributed by atoms with Gasteiger partial charge in [0.05, 0.1) is 11.3 Å². The summed E-state index contributed by atoms with van der Waals surface area (Å²) in [6.45, 7) is 6.81. The van der Waals surface area contributed by atoms with Crippen molar-refractivity contribution in [2.45, 2.75) is 39.7 Å². The molecule has 1 aromatic heterocycles. The van der Waals surface area contributed by atoms with E-state index in [1.54, 1.807) is 24.3 Å². The second-order valence-corrected chi connectivity index (χ2v) is 6.61. The molecule has 3 rings (SSSR count). The summed E-state index contributed by atoms with van der Waals surface area (Å²) in [7, 11) is 0. The third-order valence-electron chi connectivity index (χ3n) is 4.57. The summed E-state index contributed by atoms with van der Waals surface area (Å²) in [5.74, 6) is -0.0389. The Morgan fingerprint density at radius 3 is 2.50 bits per heavy atom. The summed E-state index contributed by atoms with van der Waals surface area (Å²) in [6, 6.07) is 10.2. The highest BCUT2D eigenvalue weighted by Gasteiger charge is 2.18. The first-order chi connectivity index (χ1) is 12.6. The fraction of sp³-hybridized carbons (Fsp3) is 0.381. The molecule has 0 amide bonds. The van der Waals surface area contributed by atoms with Gasteiger partial charge in [-0.05, 0) is 49.7 Å². The molecule has 0 radical (unpaired) electrons. The standard InChI is InChI=1S/C21H25FN2O2/c1-3-11-24(12-4-2)14-17-20(25)10-9-16-19(23-26-21(16)17)13-15-7-5-6-8-18(15)22/h5-10,25H,3-4,11-14H2,1-2H3. The molecule has 5 heteroatoms. The highest BCUT2D eigenvalue weighted by molar-refractivity contribution is 5.84. The van der Waals surface area contributed by atoms with Gasteiger partial charge in [-0.25, -0.2) is 4.39 Å². The number of aromatic hydroxyl groups is 1. The lowest BCUT2D eigenvalue weighted by Gasteiger charge is -2.21. The molecule has 0 unspecified atom stereocenters. The van der Waals surface area contributed by atoms with Crippen LogP contribution in [0.25, 0.3) is 11.0 Å². The van der Waals surface area contributed by atoms with Crippen LogP contribution in [-0.2, 0) is 13.0 Å². The van der Waals surface area contributed by atoms with Gasteiger partial charge < -0.3 is 9.63 Å². The van der Waals surface area contributed by atoms with Crippen LogP contribution in [0.1, 0.15) is 43.5 Å². The molecule has 0 atom stereocenters. The first-order valence-electron chi connectivity index (χ1n) is 9.18. The predicted molar refractivity (Wildman–Crippen MR) is 101 cm³/mol. The Kier molecular flexibility index (Phi) is 5.89. The van der Waals surface area contributed by atoms with Crippen LogP contribution in [0, 0.1) is 5.82 Å². The average molecular weight is 356 g/mol. The second-order valence-electron chi connectivity index (χ2n) is 6.61. The van der Waals surface area contributed by atoms with Crippen molar-refractivity contribution in [3.63, 3.8) is 0 Å². The SMILES string of the molecule is CCCN(CCC)Cc1c(O)ccc2c(Cc3ccccc3F)noc12. The Balaban J connectivity index is 1.94. The van der Waals surface area contributed by atoms with E-state index < -0.39 is 0 Å². The van der Waals surface area contributed by atoms with Crippen LogP contribution in [0.15, 0.2) is 40.9 Å². The van der Waals surface area contributed by atoms with Crippen molar-refractivity contribution >= 4 is 11.0 Å². The molecule has 1 heterocycles. The third kappa shape index (κ3) is 3.88. The Labute approximate surface area is 153 Å². The highest BCUT2D eigenvalue weighted by Crippen LogP contribution is 2.31. The molecule has 0 saturated carbocycles. The molecule has 26 heavy (non-hydrogen) atoms. The van der Waals surface area contributed by atoms with Crippen molar-refractivity contribution in [2.24, 2.45) is 0 Å². The summed E-state index contributed by atoms with van der Waals surface area (Å²) < 4.78 is 19.5. The van der Waals surface area contributed by atoms with Crippen molar-refractivity contribution < 1.29 is 14.0 Å². The van der Waals surface area contributed by atoms with E-state index in [1.807, 2.05) is 6.07 Å². The number of halogens is 1. The van der Waals surface area contributed by atoms with E-state index >= 15 is 0 Å². The zero-order chi connectivity index (χ0) is 18.5. The van der Waals surface area contributed by atoms with Gasteiger partial charge in [0.2, 0.25) is 0 Å². The number of aromatic nitrogens is 1. The second kappa shape index (κ2) is 8.32. The van der Waals surface area contributed by atoms with Gasteiger partial charge >= 0.3 is 0 Å². The minimum absolute atomic E-state index is 0.211. The first kappa shape index (κ1) is 18.4. The predicted octanol–water partition coefficient (Wildman–Crippen LogP) is 4.89. The van der Waals surface area contributed by atoms with Gasteiger partial charge in [-0.2, -0.15) is 0 Å². The molecular weight excluding hydrogens is 331 g/mol. The van der Waals surface area contributed by atoms with E-state index in [4.69, 9.17) is 4.52 Å². The third-order valence-corrected chi connectivity index (χ3v) is 4.57. The van der Waals surface area contributed by atoms with Crippen LogP contribution in [0.2, 0.25) is 0 Å². The molecule has 0 aliphatic heterocycles. The zero-order valence-electron chi connectivity index (χ0n) is 15.3. The molecule has 0 bridgehead atoms. The van der Waals surface area contributed by atoms with Crippen molar-refractivity contribution in [3.8, 4) is 5.75 Å². The number of fused-ring (bicyclic) bond motifs is 1. The van der Waals surface area contributed by atoms with Gasteiger partial charge in [-0.15, -0.1) is 0 Å². The van der Waals surface area contributed by atoms with Gasteiger partial charge in [0.15, 0.2) is 5.58 Å². The fourth-order valence-electron chi connectivity index (χ4n) is 3.33. The number of nitrogens with zero attached hydrogens (tertiary/aromatic N) is 2. The molecule has 3 aromatic rings. The smallest absolute Gasteiger partial charge is 0.175 e. The number of phenolic OH excluding ortho intramolecular Hbond substituents is 1. The molecular formula is C21H25FN2O2. The maximum absolute atomic E-state index is 14.0. The van der Waals surface area contributed by atoms with E-state index in [2.05, 4.69) is 23.9 Å². The highest BCUT2D eigenvalue weighted by atomic mass is 19.1. The maximum atomic E-state index is 14.0. The molecule has 0 aliphatic carbocycles. The van der Waals surface area contributed by atoms with Crippen LogP contribution in [0.3, 0.4) is 0 Å². The zero-order valence-corrected chi connectivity index (χ0v) is 15.3. The quantitative estimate of drug-likeness (QED) is 0.625. The van der Waals surface area contributed by atoms with Crippen LogP contribution in [0.5, 0.6) is 5.75 Å². The van der Waals surface area contributed by atoms with Crippen molar-refractivity contribution in [1.29, 1.82) is 0 Å². The molecule has 0 aliphatic rings. The molecule has 0 spiro atoms. The number of phenols is 1. The average Bonchev–Trinajstić information content (AvgIpc) is 3.03. The largest absolute Gasteiger partial charge is 0.507 e. The van der Waals surface area contributed by atoms with Crippen LogP contribution in [0.4, 0.5) is 4.39 Å². The lowest BCUT2D eigenvalue weighted by Crippen LogP contribution is -2.25. The molecule has 0 saturated heterocycles. The van der Waals surface area contributed by atoms with Gasteiger partial charge in [0, 0.05) is 18.4 Å². The van der Waals surface area contributed by atoms with Crippen LogP contribution < -0.4 is 0 Å². The Hall–Kier alpha value is -2.40. The van der Waals surface area contributed by atoms with Crippen molar-refractivity contribution in [1.82, 2.24) is 10.1 Å². The van der Waals surface area contributed by atoms with E-state index in [9.17, 15) is 9.50 Å².